The number of aromatic nitrogens is 2. The number of amides is 1. The summed E-state index contributed by atoms with van der Waals surface area (Å²) in [6.07, 6.45) is 8.69. The number of nitrogens with one attached hydrogen (secondary N) is 2. The number of nitrogen functional groups attached to an aromatic ring is 1. The number of nitrogens with zero attached hydrogens (tertiary/aromatic N) is 2. The number of halogens is 1. The van der Waals surface area contributed by atoms with Gasteiger partial charge in [-0.25, -0.2) is 14.4 Å². The van der Waals surface area contributed by atoms with Crippen molar-refractivity contribution in [1.82, 2.24) is 9.97 Å². The maximum absolute atomic E-state index is 12.5. The minimum atomic E-state index is -0.707. The number of rotatable bonds is 3. The number of hydrogen-bond donors (Lipinski definition) is 4. The average molecular weight is 361 g/mol. The molecule has 0 atom stereocenters. The molecule has 2 aromatic rings. The average Bonchev–Trinajstić information content (AvgIpc) is 2.67. The van der Waals surface area contributed by atoms with Crippen LogP contribution in [-0.2, 0) is 4.79 Å². The molecule has 140 valence electrons. The van der Waals surface area contributed by atoms with Gasteiger partial charge >= 0.3 is 0 Å². The molecule has 3 rings (SSSR count). The summed E-state index contributed by atoms with van der Waals surface area (Å²) in [5.41, 5.74) is 6.19. The van der Waals surface area contributed by atoms with E-state index in [0.717, 1.165) is 18.9 Å². The Morgan fingerprint density at radius 2 is 2.04 bits per heavy atom. The fraction of sp³-hybridized carbons (Fsp3) is 0.389. The van der Waals surface area contributed by atoms with Crippen LogP contribution in [0.25, 0.3) is 0 Å². The predicted octanol–water partition coefficient (Wildman–Crippen LogP) is 3.15. The zero-order valence-corrected chi connectivity index (χ0v) is 14.7. The largest absolute Gasteiger partial charge is 0.505 e. The summed E-state index contributed by atoms with van der Waals surface area (Å²) in [6, 6.07) is 4.02. The first-order valence-electron chi connectivity index (χ1n) is 8.54. The molecule has 0 spiro atoms. The quantitative estimate of drug-likeness (QED) is 0.493. The third kappa shape index (κ3) is 5.58. The molecule has 0 unspecified atom stereocenters. The molecule has 1 aliphatic carbocycles. The Morgan fingerprint density at radius 1 is 1.31 bits per heavy atom. The van der Waals surface area contributed by atoms with E-state index in [9.17, 15) is 9.18 Å². The smallest absolute Gasteiger partial charge is 0.228 e. The van der Waals surface area contributed by atoms with E-state index in [1.54, 1.807) is 19.3 Å². The van der Waals surface area contributed by atoms with Gasteiger partial charge in [0.05, 0.1) is 11.4 Å². The Hall–Kier alpha value is -2.90. The van der Waals surface area contributed by atoms with E-state index in [1.807, 2.05) is 0 Å². The topological polar surface area (TPSA) is 113 Å². The molecule has 1 saturated carbocycles. The third-order valence-corrected chi connectivity index (χ3v) is 4.20. The zero-order valence-electron chi connectivity index (χ0n) is 14.7. The van der Waals surface area contributed by atoms with E-state index in [1.165, 1.54) is 31.7 Å². The number of carbonyl (C=O) groups excluding carboxylic acids is 1. The minimum Gasteiger partial charge on any atom is -0.505 e. The van der Waals surface area contributed by atoms with E-state index in [-0.39, 0.29) is 17.5 Å². The normalized spacial score (nSPS) is 14.1. The Kier molecular flexibility index (Phi) is 7.13. The van der Waals surface area contributed by atoms with Crippen molar-refractivity contribution >= 4 is 23.1 Å². The fourth-order valence-electron chi connectivity index (χ4n) is 2.75. The van der Waals surface area contributed by atoms with Crippen molar-refractivity contribution in [3.05, 3.63) is 36.5 Å². The van der Waals surface area contributed by atoms with E-state index in [4.69, 9.17) is 10.8 Å². The standard InChI is InChI=1S/C11H15N3O.C7H9FN2O/c15-11(9-4-2-1-3-5-9)14-10-6-7-12-8-13-10;1-10-6-3-7(11)4(8)2-5(6)9/h6-9H,1-5H2,(H,12,13,14,15);2-3,10-11H,9H2,1H3. The number of phenolic OH excluding ortho intramolecular Hbond substituents is 1. The molecule has 0 radical (unpaired) electrons. The number of anilines is 3. The summed E-state index contributed by atoms with van der Waals surface area (Å²) >= 11 is 0. The van der Waals surface area contributed by atoms with Crippen LogP contribution in [0.3, 0.4) is 0 Å². The molecule has 1 aliphatic rings. The molecular formula is C18H24FN5O2. The number of nitrogens with two attached hydrogens (primary N) is 1. The SMILES string of the molecule is CNc1cc(O)c(F)cc1N.O=C(Nc1ccncn1)C1CCCCC1. The van der Waals surface area contributed by atoms with Crippen LogP contribution < -0.4 is 16.4 Å². The van der Waals surface area contributed by atoms with Crippen molar-refractivity contribution in [1.29, 1.82) is 0 Å². The van der Waals surface area contributed by atoms with Crippen LogP contribution in [-0.4, -0.2) is 28.0 Å². The van der Waals surface area contributed by atoms with Gasteiger partial charge in [-0.05, 0) is 18.9 Å². The lowest BCUT2D eigenvalue weighted by Gasteiger charge is -2.20. The highest BCUT2D eigenvalue weighted by Gasteiger charge is 2.21. The molecule has 26 heavy (non-hydrogen) atoms. The Balaban J connectivity index is 0.000000197. The van der Waals surface area contributed by atoms with Crippen LogP contribution in [0, 0.1) is 11.7 Å². The number of phenols is 1. The number of benzene rings is 1. The predicted molar refractivity (Wildman–Crippen MR) is 99.3 cm³/mol. The lowest BCUT2D eigenvalue weighted by molar-refractivity contribution is -0.120. The highest BCUT2D eigenvalue weighted by Crippen LogP contribution is 2.26. The van der Waals surface area contributed by atoms with Crippen molar-refractivity contribution in [3.63, 3.8) is 0 Å². The van der Waals surface area contributed by atoms with Crippen molar-refractivity contribution in [2.75, 3.05) is 23.4 Å². The Labute approximate surface area is 151 Å². The number of hydrogen-bond acceptors (Lipinski definition) is 6. The van der Waals surface area contributed by atoms with Gasteiger partial charge < -0.3 is 21.5 Å². The summed E-state index contributed by atoms with van der Waals surface area (Å²) in [4.78, 5) is 19.6. The molecule has 1 aromatic heterocycles. The van der Waals surface area contributed by atoms with Crippen molar-refractivity contribution in [2.24, 2.45) is 5.92 Å². The molecule has 7 nitrogen and oxygen atoms in total. The summed E-state index contributed by atoms with van der Waals surface area (Å²) in [6.45, 7) is 0. The molecule has 1 heterocycles. The lowest BCUT2D eigenvalue weighted by atomic mass is 9.89. The summed E-state index contributed by atoms with van der Waals surface area (Å²) in [5.74, 6) is -0.229. The molecular weight excluding hydrogens is 337 g/mol. The first-order chi connectivity index (χ1) is 12.5. The molecule has 1 amide bonds. The van der Waals surface area contributed by atoms with Gasteiger partial charge in [0.2, 0.25) is 5.91 Å². The first kappa shape index (κ1) is 19.4. The van der Waals surface area contributed by atoms with Gasteiger partial charge in [0.25, 0.3) is 0 Å². The zero-order chi connectivity index (χ0) is 18.9. The molecule has 8 heteroatoms. The Bertz CT molecular complexity index is 721. The van der Waals surface area contributed by atoms with Gasteiger partial charge in [0, 0.05) is 31.3 Å². The minimum absolute atomic E-state index is 0.105. The van der Waals surface area contributed by atoms with Crippen molar-refractivity contribution < 1.29 is 14.3 Å². The van der Waals surface area contributed by atoms with Crippen LogP contribution in [0.4, 0.5) is 21.6 Å². The number of aromatic hydroxyl groups is 1. The Morgan fingerprint density at radius 3 is 2.65 bits per heavy atom. The third-order valence-electron chi connectivity index (χ3n) is 4.20. The molecule has 1 aromatic carbocycles. The second-order valence-corrected chi connectivity index (χ2v) is 6.06. The molecule has 1 fully saturated rings. The van der Waals surface area contributed by atoms with E-state index in [2.05, 4.69) is 20.6 Å². The summed E-state index contributed by atoms with van der Waals surface area (Å²) in [5, 5.41) is 14.4. The van der Waals surface area contributed by atoms with Crippen LogP contribution in [0.15, 0.2) is 30.7 Å². The molecule has 0 bridgehead atoms. The second-order valence-electron chi connectivity index (χ2n) is 6.06. The second kappa shape index (κ2) is 9.55. The maximum atomic E-state index is 12.5. The highest BCUT2D eigenvalue weighted by molar-refractivity contribution is 5.91. The molecule has 0 saturated heterocycles. The van der Waals surface area contributed by atoms with Crippen LogP contribution in [0.2, 0.25) is 0 Å². The molecule has 0 aliphatic heterocycles. The van der Waals surface area contributed by atoms with Crippen molar-refractivity contribution in [3.8, 4) is 5.75 Å². The summed E-state index contributed by atoms with van der Waals surface area (Å²) in [7, 11) is 1.64. The fourth-order valence-corrected chi connectivity index (χ4v) is 2.75. The van der Waals surface area contributed by atoms with Crippen LogP contribution >= 0.6 is 0 Å². The maximum Gasteiger partial charge on any atom is 0.228 e. The van der Waals surface area contributed by atoms with Gasteiger partial charge in [-0.3, -0.25) is 4.79 Å². The van der Waals surface area contributed by atoms with E-state index in [0.29, 0.717) is 11.5 Å². The first-order valence-corrected chi connectivity index (χ1v) is 8.54. The summed E-state index contributed by atoms with van der Waals surface area (Å²) < 4.78 is 12.5. The van der Waals surface area contributed by atoms with Crippen LogP contribution in [0.1, 0.15) is 32.1 Å². The van der Waals surface area contributed by atoms with E-state index < -0.39 is 11.6 Å². The van der Waals surface area contributed by atoms with Gasteiger partial charge in [-0.1, -0.05) is 19.3 Å². The van der Waals surface area contributed by atoms with Crippen molar-refractivity contribution in [2.45, 2.75) is 32.1 Å². The van der Waals surface area contributed by atoms with Gasteiger partial charge in [0.1, 0.15) is 12.1 Å². The molecule has 5 N–H and O–H groups in total. The number of carbonyl (C=O) groups is 1. The monoisotopic (exact) mass is 361 g/mol. The lowest BCUT2D eigenvalue weighted by Crippen LogP contribution is -2.25. The van der Waals surface area contributed by atoms with Crippen LogP contribution in [0.5, 0.6) is 5.75 Å². The van der Waals surface area contributed by atoms with Gasteiger partial charge in [-0.15, -0.1) is 0 Å². The van der Waals surface area contributed by atoms with Gasteiger partial charge in [0.15, 0.2) is 11.6 Å². The van der Waals surface area contributed by atoms with Gasteiger partial charge in [-0.2, -0.15) is 0 Å². The highest BCUT2D eigenvalue weighted by atomic mass is 19.1. The van der Waals surface area contributed by atoms with E-state index >= 15 is 0 Å².